The summed E-state index contributed by atoms with van der Waals surface area (Å²) in [7, 11) is -5.96. The van der Waals surface area contributed by atoms with E-state index in [0.29, 0.717) is 7.14 Å². The molecule has 0 saturated heterocycles. The van der Waals surface area contributed by atoms with E-state index in [4.69, 9.17) is 14.0 Å². The summed E-state index contributed by atoms with van der Waals surface area (Å²) in [6, 6.07) is 3.16. The van der Waals surface area contributed by atoms with Gasteiger partial charge in [0.25, 0.3) is 0 Å². The van der Waals surface area contributed by atoms with Gasteiger partial charge in [0.1, 0.15) is 25.6 Å². The van der Waals surface area contributed by atoms with Gasteiger partial charge in [0, 0.05) is 14.7 Å². The summed E-state index contributed by atoms with van der Waals surface area (Å²) in [6.45, 7) is 3.95. The highest BCUT2D eigenvalue weighted by Crippen LogP contribution is 2.30. The van der Waals surface area contributed by atoms with E-state index in [0.717, 1.165) is 0 Å². The average molecular weight is 646 g/mol. The van der Waals surface area contributed by atoms with Crippen LogP contribution in [-0.4, -0.2) is 43.4 Å². The molecule has 1 aromatic carbocycles. The van der Waals surface area contributed by atoms with Crippen molar-refractivity contribution in [3.05, 3.63) is 37.0 Å². The Morgan fingerprint density at radius 2 is 1.82 bits per heavy atom. The SMILES string of the molecule is C=C(C)C(=O)OCCOc1c(I)cc(I)cc1COC(=O)C(F)(F)S(=O)(=O)O. The van der Waals surface area contributed by atoms with Gasteiger partial charge < -0.3 is 14.2 Å². The molecule has 0 fully saturated rings. The van der Waals surface area contributed by atoms with Crippen LogP contribution in [0.2, 0.25) is 0 Å². The lowest BCUT2D eigenvalue weighted by atomic mass is 10.2. The van der Waals surface area contributed by atoms with E-state index >= 15 is 0 Å². The molecule has 0 aliphatic heterocycles. The Morgan fingerprint density at radius 3 is 2.36 bits per heavy atom. The Morgan fingerprint density at radius 1 is 1.21 bits per heavy atom. The molecule has 0 aliphatic carbocycles. The Hall–Kier alpha value is -1.07. The third kappa shape index (κ3) is 6.77. The molecule has 0 bridgehead atoms. The van der Waals surface area contributed by atoms with Crippen LogP contribution in [0, 0.1) is 7.14 Å². The van der Waals surface area contributed by atoms with Gasteiger partial charge in [-0.3, -0.25) is 4.55 Å². The third-order valence-corrected chi connectivity index (χ3v) is 5.16. The summed E-state index contributed by atoms with van der Waals surface area (Å²) in [6.07, 6.45) is 0. The number of ether oxygens (including phenoxy) is 3. The first-order chi connectivity index (χ1) is 12.8. The van der Waals surface area contributed by atoms with Crippen LogP contribution in [0.1, 0.15) is 12.5 Å². The zero-order valence-electron chi connectivity index (χ0n) is 14.2. The van der Waals surface area contributed by atoms with E-state index < -0.39 is 33.9 Å². The molecule has 0 spiro atoms. The zero-order valence-corrected chi connectivity index (χ0v) is 19.3. The molecule has 1 N–H and O–H groups in total. The van der Waals surface area contributed by atoms with Gasteiger partial charge in [-0.05, 0) is 64.2 Å². The molecular weight excluding hydrogens is 632 g/mol. The van der Waals surface area contributed by atoms with Crippen molar-refractivity contribution in [2.75, 3.05) is 13.2 Å². The van der Waals surface area contributed by atoms with E-state index in [1.165, 1.54) is 13.0 Å². The number of halogens is 4. The number of hydrogen-bond donors (Lipinski definition) is 1. The Balaban J connectivity index is 2.88. The van der Waals surface area contributed by atoms with Gasteiger partial charge in [-0.2, -0.15) is 17.2 Å². The second-order valence-electron chi connectivity index (χ2n) is 5.21. The molecule has 0 aliphatic rings. The number of rotatable bonds is 9. The van der Waals surface area contributed by atoms with Gasteiger partial charge in [0.2, 0.25) is 0 Å². The largest absolute Gasteiger partial charge is 0.488 e. The minimum Gasteiger partial charge on any atom is -0.488 e. The molecule has 0 aromatic heterocycles. The fraction of sp³-hybridized carbons (Fsp3) is 0.333. The van der Waals surface area contributed by atoms with Gasteiger partial charge in [0.15, 0.2) is 0 Å². The van der Waals surface area contributed by atoms with Gasteiger partial charge in [-0.15, -0.1) is 0 Å². The molecule has 13 heteroatoms. The third-order valence-electron chi connectivity index (χ3n) is 2.92. The standard InChI is InChI=1S/C15H14F2I2O8S/c1-8(2)13(20)26-4-3-25-12-9(5-10(18)6-11(12)19)7-27-14(21)15(16,17)28(22,23)24/h5-6H,1,3-4,7H2,2H3,(H,22,23,24). The van der Waals surface area contributed by atoms with Crippen molar-refractivity contribution < 1.29 is 45.6 Å². The summed E-state index contributed by atoms with van der Waals surface area (Å²) >= 11 is 3.83. The predicted octanol–water partition coefficient (Wildman–Crippen LogP) is 2.92. The number of benzene rings is 1. The van der Waals surface area contributed by atoms with E-state index in [1.54, 1.807) is 6.07 Å². The van der Waals surface area contributed by atoms with Crippen molar-refractivity contribution in [3.63, 3.8) is 0 Å². The lowest BCUT2D eigenvalue weighted by Gasteiger charge is -2.16. The molecule has 0 saturated carbocycles. The molecule has 1 rings (SSSR count). The van der Waals surface area contributed by atoms with Crippen LogP contribution in [0.5, 0.6) is 5.75 Å². The van der Waals surface area contributed by atoms with Crippen LogP contribution in [0.15, 0.2) is 24.3 Å². The highest BCUT2D eigenvalue weighted by molar-refractivity contribution is 14.1. The molecule has 0 atom stereocenters. The van der Waals surface area contributed by atoms with Crippen molar-refractivity contribution in [1.29, 1.82) is 0 Å². The van der Waals surface area contributed by atoms with Crippen LogP contribution in [0.25, 0.3) is 0 Å². The molecule has 1 aromatic rings. The highest BCUT2D eigenvalue weighted by atomic mass is 127. The first-order valence-electron chi connectivity index (χ1n) is 7.22. The zero-order chi connectivity index (χ0) is 21.7. The fourth-order valence-electron chi connectivity index (χ4n) is 1.62. The second kappa shape index (κ2) is 10.1. The molecule has 28 heavy (non-hydrogen) atoms. The number of hydrogen-bond acceptors (Lipinski definition) is 7. The van der Waals surface area contributed by atoms with Crippen LogP contribution < -0.4 is 4.74 Å². The number of carbonyl (C=O) groups excluding carboxylic acids is 2. The van der Waals surface area contributed by atoms with Gasteiger partial charge >= 0.3 is 27.3 Å². The minimum absolute atomic E-state index is 0.0856. The van der Waals surface area contributed by atoms with Gasteiger partial charge in [-0.1, -0.05) is 6.58 Å². The Kier molecular flexibility index (Phi) is 9.01. The van der Waals surface area contributed by atoms with Gasteiger partial charge in [0.05, 0.1) is 3.57 Å². The van der Waals surface area contributed by atoms with Crippen LogP contribution in [0.4, 0.5) is 8.78 Å². The van der Waals surface area contributed by atoms with Crippen molar-refractivity contribution >= 4 is 67.2 Å². The first-order valence-corrected chi connectivity index (χ1v) is 10.8. The predicted molar refractivity (Wildman–Crippen MR) is 109 cm³/mol. The highest BCUT2D eigenvalue weighted by Gasteiger charge is 2.54. The monoisotopic (exact) mass is 646 g/mol. The molecular formula is C15H14F2I2O8S. The quantitative estimate of drug-likeness (QED) is 0.143. The number of esters is 2. The molecule has 0 unspecified atom stereocenters. The van der Waals surface area contributed by atoms with E-state index in [1.807, 2.05) is 45.2 Å². The van der Waals surface area contributed by atoms with Crippen LogP contribution in [0.3, 0.4) is 0 Å². The molecule has 156 valence electrons. The summed E-state index contributed by atoms with van der Waals surface area (Å²) in [4.78, 5) is 22.7. The lowest BCUT2D eigenvalue weighted by Crippen LogP contribution is -2.38. The van der Waals surface area contributed by atoms with Crippen molar-refractivity contribution in [3.8, 4) is 5.75 Å². The smallest absolute Gasteiger partial charge is 0.465 e. The maximum Gasteiger partial charge on any atom is 0.465 e. The Bertz CT molecular complexity index is 886. The summed E-state index contributed by atoms with van der Waals surface area (Å²) in [5.74, 6) is -2.86. The molecule has 0 heterocycles. The fourth-order valence-corrected chi connectivity index (χ4v) is 4.01. The maximum atomic E-state index is 13.3. The molecule has 8 nitrogen and oxygen atoms in total. The van der Waals surface area contributed by atoms with E-state index in [9.17, 15) is 26.8 Å². The normalized spacial score (nSPS) is 11.6. The van der Waals surface area contributed by atoms with Crippen molar-refractivity contribution in [2.45, 2.75) is 18.8 Å². The maximum absolute atomic E-state index is 13.3. The van der Waals surface area contributed by atoms with E-state index in [-0.39, 0.29) is 30.1 Å². The van der Waals surface area contributed by atoms with Crippen LogP contribution in [-0.2, 0) is 35.8 Å². The van der Waals surface area contributed by atoms with Crippen molar-refractivity contribution in [2.24, 2.45) is 0 Å². The first kappa shape index (κ1) is 25.0. The lowest BCUT2D eigenvalue weighted by molar-refractivity contribution is -0.162. The van der Waals surface area contributed by atoms with E-state index in [2.05, 4.69) is 11.3 Å². The topological polar surface area (TPSA) is 116 Å². The second-order valence-corrected chi connectivity index (χ2v) is 9.08. The average Bonchev–Trinajstić information content (AvgIpc) is 2.56. The van der Waals surface area contributed by atoms with Crippen molar-refractivity contribution in [1.82, 2.24) is 0 Å². The summed E-state index contributed by atoms with van der Waals surface area (Å²) in [5.41, 5.74) is 0.373. The summed E-state index contributed by atoms with van der Waals surface area (Å²) in [5, 5.41) is -5.10. The number of carbonyl (C=O) groups is 2. The summed E-state index contributed by atoms with van der Waals surface area (Å²) < 4.78 is 72.0. The Labute approximate surface area is 186 Å². The van der Waals surface area contributed by atoms with Crippen LogP contribution >= 0.6 is 45.2 Å². The number of alkyl halides is 2. The van der Waals surface area contributed by atoms with Gasteiger partial charge in [-0.25, -0.2) is 9.59 Å². The molecule has 0 amide bonds. The minimum atomic E-state index is -5.96. The molecule has 0 radical (unpaired) electrons.